The molecule has 2 heteroatoms. The lowest BCUT2D eigenvalue weighted by molar-refractivity contribution is 0.237. The average Bonchev–Trinajstić information content (AvgIpc) is 2.40. The number of hydrogen-bond donors (Lipinski definition) is 2. The molecule has 1 atom stereocenters. The molecule has 1 aliphatic carbocycles. The Kier molecular flexibility index (Phi) is 4.87. The summed E-state index contributed by atoms with van der Waals surface area (Å²) in [5, 5.41) is 12.9. The second kappa shape index (κ2) is 6.65. The van der Waals surface area contributed by atoms with Gasteiger partial charge in [0.15, 0.2) is 0 Å². The van der Waals surface area contributed by atoms with Crippen molar-refractivity contribution in [2.24, 2.45) is 5.92 Å². The van der Waals surface area contributed by atoms with E-state index in [4.69, 9.17) is 0 Å². The number of nitrogens with one attached hydrogen (secondary N) is 1. The minimum Gasteiger partial charge on any atom is -0.394 e. The predicted octanol–water partition coefficient (Wildman–Crippen LogP) is 3.43. The summed E-state index contributed by atoms with van der Waals surface area (Å²) in [5.74, 6) is 0.803. The Bertz CT molecular complexity index is 306. The van der Waals surface area contributed by atoms with Crippen LogP contribution in [0.3, 0.4) is 0 Å². The number of benzene rings is 1. The standard InChI is InChI=1S/C15H23NO/c17-12-15(11-13-7-3-1-4-8-13)16-14-9-5-2-6-10-14/h2,5-6,9-10,13,15-17H,1,3-4,7-8,11-12H2. The Morgan fingerprint density at radius 1 is 1.12 bits per heavy atom. The molecular formula is C15H23NO. The largest absolute Gasteiger partial charge is 0.394 e. The van der Waals surface area contributed by atoms with E-state index in [-0.39, 0.29) is 12.6 Å². The van der Waals surface area contributed by atoms with Crippen molar-refractivity contribution in [1.29, 1.82) is 0 Å². The number of para-hydroxylation sites is 1. The van der Waals surface area contributed by atoms with Gasteiger partial charge in [-0.3, -0.25) is 0 Å². The molecule has 94 valence electrons. The summed E-state index contributed by atoms with van der Waals surface area (Å²) in [6, 6.07) is 10.4. The molecule has 0 radical (unpaired) electrons. The molecule has 1 saturated carbocycles. The second-order valence-electron chi connectivity index (χ2n) is 5.13. The molecular weight excluding hydrogens is 210 g/mol. The number of anilines is 1. The fourth-order valence-corrected chi connectivity index (χ4v) is 2.77. The number of aliphatic hydroxyl groups is 1. The molecule has 1 fully saturated rings. The molecule has 2 nitrogen and oxygen atoms in total. The van der Waals surface area contributed by atoms with Crippen molar-refractivity contribution in [3.63, 3.8) is 0 Å². The van der Waals surface area contributed by atoms with Gasteiger partial charge in [-0.15, -0.1) is 0 Å². The van der Waals surface area contributed by atoms with Crippen molar-refractivity contribution in [2.75, 3.05) is 11.9 Å². The summed E-state index contributed by atoms with van der Waals surface area (Å²) in [5.41, 5.74) is 1.11. The lowest BCUT2D eigenvalue weighted by atomic mass is 9.85. The molecule has 0 aliphatic heterocycles. The highest BCUT2D eigenvalue weighted by Gasteiger charge is 2.18. The third-order valence-corrected chi connectivity index (χ3v) is 3.71. The zero-order valence-electron chi connectivity index (χ0n) is 10.4. The van der Waals surface area contributed by atoms with Gasteiger partial charge in [-0.2, -0.15) is 0 Å². The van der Waals surface area contributed by atoms with Crippen LogP contribution in [0.25, 0.3) is 0 Å². The van der Waals surface area contributed by atoms with Crippen LogP contribution in [-0.4, -0.2) is 17.8 Å². The lowest BCUT2D eigenvalue weighted by Gasteiger charge is -2.26. The van der Waals surface area contributed by atoms with Gasteiger partial charge in [0.2, 0.25) is 0 Å². The smallest absolute Gasteiger partial charge is 0.0632 e. The average molecular weight is 233 g/mol. The van der Waals surface area contributed by atoms with Gasteiger partial charge in [-0.05, 0) is 24.5 Å². The summed E-state index contributed by atoms with van der Waals surface area (Å²) in [7, 11) is 0. The minimum atomic E-state index is 0.209. The molecule has 0 amide bonds. The van der Waals surface area contributed by atoms with Crippen LogP contribution in [-0.2, 0) is 0 Å². The van der Waals surface area contributed by atoms with E-state index >= 15 is 0 Å². The number of hydrogen-bond acceptors (Lipinski definition) is 2. The molecule has 0 spiro atoms. The third-order valence-electron chi connectivity index (χ3n) is 3.71. The molecule has 0 saturated heterocycles. The molecule has 0 heterocycles. The summed E-state index contributed by atoms with van der Waals surface area (Å²) in [6.07, 6.45) is 7.92. The van der Waals surface area contributed by atoms with E-state index in [9.17, 15) is 5.11 Å². The second-order valence-corrected chi connectivity index (χ2v) is 5.13. The van der Waals surface area contributed by atoms with Crippen molar-refractivity contribution in [3.8, 4) is 0 Å². The van der Waals surface area contributed by atoms with Crippen molar-refractivity contribution >= 4 is 5.69 Å². The fraction of sp³-hybridized carbons (Fsp3) is 0.600. The first-order valence-electron chi connectivity index (χ1n) is 6.81. The molecule has 17 heavy (non-hydrogen) atoms. The lowest BCUT2D eigenvalue weighted by Crippen LogP contribution is -2.27. The third kappa shape index (κ3) is 4.04. The maximum atomic E-state index is 9.46. The quantitative estimate of drug-likeness (QED) is 0.816. The molecule has 1 aromatic carbocycles. The van der Waals surface area contributed by atoms with Crippen molar-refractivity contribution in [3.05, 3.63) is 30.3 Å². The van der Waals surface area contributed by atoms with Gasteiger partial charge in [0.25, 0.3) is 0 Å². The SMILES string of the molecule is OCC(CC1CCCCC1)Nc1ccccc1. The highest BCUT2D eigenvalue weighted by atomic mass is 16.3. The summed E-state index contributed by atoms with van der Waals surface area (Å²) < 4.78 is 0. The van der Waals surface area contributed by atoms with Gasteiger partial charge < -0.3 is 10.4 Å². The molecule has 1 aliphatic rings. The highest BCUT2D eigenvalue weighted by Crippen LogP contribution is 2.28. The maximum Gasteiger partial charge on any atom is 0.0632 e. The van der Waals surface area contributed by atoms with Crippen LogP contribution in [0.2, 0.25) is 0 Å². The zero-order valence-corrected chi connectivity index (χ0v) is 10.4. The summed E-state index contributed by atoms with van der Waals surface area (Å²) in [6.45, 7) is 0.228. The van der Waals surface area contributed by atoms with Gasteiger partial charge in [0, 0.05) is 11.7 Å². The highest BCUT2D eigenvalue weighted by molar-refractivity contribution is 5.43. The normalized spacial score (nSPS) is 18.9. The van der Waals surface area contributed by atoms with E-state index in [1.165, 1.54) is 32.1 Å². The van der Waals surface area contributed by atoms with Crippen LogP contribution < -0.4 is 5.32 Å². The Morgan fingerprint density at radius 2 is 1.82 bits per heavy atom. The molecule has 1 aromatic rings. The monoisotopic (exact) mass is 233 g/mol. The first-order valence-corrected chi connectivity index (χ1v) is 6.81. The first-order chi connectivity index (χ1) is 8.38. The van der Waals surface area contributed by atoms with Crippen LogP contribution in [0.15, 0.2) is 30.3 Å². The van der Waals surface area contributed by atoms with Gasteiger partial charge in [0.1, 0.15) is 0 Å². The van der Waals surface area contributed by atoms with E-state index in [2.05, 4.69) is 17.4 Å². The minimum absolute atomic E-state index is 0.209. The Hall–Kier alpha value is -1.02. The van der Waals surface area contributed by atoms with Gasteiger partial charge in [0.05, 0.1) is 6.61 Å². The molecule has 2 N–H and O–H groups in total. The van der Waals surface area contributed by atoms with Crippen LogP contribution in [0.5, 0.6) is 0 Å². The van der Waals surface area contributed by atoms with Crippen LogP contribution >= 0.6 is 0 Å². The van der Waals surface area contributed by atoms with E-state index in [1.807, 2.05) is 18.2 Å². The predicted molar refractivity (Wildman–Crippen MR) is 72.1 cm³/mol. The van der Waals surface area contributed by atoms with Gasteiger partial charge >= 0.3 is 0 Å². The molecule has 1 unspecified atom stereocenters. The molecule has 0 aromatic heterocycles. The van der Waals surface area contributed by atoms with Crippen LogP contribution in [0.4, 0.5) is 5.69 Å². The van der Waals surface area contributed by atoms with Crippen LogP contribution in [0.1, 0.15) is 38.5 Å². The first kappa shape index (κ1) is 12.4. The Balaban J connectivity index is 1.83. The van der Waals surface area contributed by atoms with Crippen molar-refractivity contribution in [1.82, 2.24) is 0 Å². The van der Waals surface area contributed by atoms with Crippen molar-refractivity contribution < 1.29 is 5.11 Å². The van der Waals surface area contributed by atoms with E-state index in [1.54, 1.807) is 0 Å². The number of aliphatic hydroxyl groups excluding tert-OH is 1. The summed E-state index contributed by atoms with van der Waals surface area (Å²) >= 11 is 0. The zero-order chi connectivity index (χ0) is 11.9. The van der Waals surface area contributed by atoms with Gasteiger partial charge in [-0.1, -0.05) is 50.3 Å². The Morgan fingerprint density at radius 3 is 2.47 bits per heavy atom. The molecule has 0 bridgehead atoms. The van der Waals surface area contributed by atoms with E-state index in [0.717, 1.165) is 18.0 Å². The van der Waals surface area contributed by atoms with E-state index in [0.29, 0.717) is 0 Å². The Labute approximate surface area is 104 Å². The van der Waals surface area contributed by atoms with Gasteiger partial charge in [-0.25, -0.2) is 0 Å². The number of rotatable bonds is 5. The topological polar surface area (TPSA) is 32.3 Å². The van der Waals surface area contributed by atoms with E-state index < -0.39 is 0 Å². The maximum absolute atomic E-state index is 9.46. The molecule has 2 rings (SSSR count). The van der Waals surface area contributed by atoms with Crippen molar-refractivity contribution in [2.45, 2.75) is 44.6 Å². The van der Waals surface area contributed by atoms with Crippen LogP contribution in [0, 0.1) is 5.92 Å². The summed E-state index contributed by atoms with van der Waals surface area (Å²) in [4.78, 5) is 0. The fourth-order valence-electron chi connectivity index (χ4n) is 2.77.